The van der Waals surface area contributed by atoms with Crippen molar-refractivity contribution in [2.24, 2.45) is 0 Å². The van der Waals surface area contributed by atoms with E-state index < -0.39 is 17.9 Å². The van der Waals surface area contributed by atoms with E-state index in [2.05, 4.69) is 25.6 Å². The summed E-state index contributed by atoms with van der Waals surface area (Å²) in [5, 5.41) is 11.6. The number of amides is 1. The van der Waals surface area contributed by atoms with Gasteiger partial charge in [-0.15, -0.1) is 5.10 Å². The number of halogens is 3. The van der Waals surface area contributed by atoms with Gasteiger partial charge in [0.25, 0.3) is 11.7 Å². The Hall–Kier alpha value is -2.39. The van der Waals surface area contributed by atoms with Crippen LogP contribution >= 0.6 is 0 Å². The van der Waals surface area contributed by atoms with Crippen LogP contribution in [0.1, 0.15) is 42.0 Å². The zero-order valence-electron chi connectivity index (χ0n) is 11.3. The zero-order valence-corrected chi connectivity index (χ0v) is 11.3. The fraction of sp³-hybridized carbons (Fsp3) is 0.455. The van der Waals surface area contributed by atoms with Crippen LogP contribution in [0.3, 0.4) is 0 Å². The maximum absolute atomic E-state index is 12.3. The summed E-state index contributed by atoms with van der Waals surface area (Å²) in [6.07, 6.45) is -3.14. The number of alkyl halides is 3. The van der Waals surface area contributed by atoms with Gasteiger partial charge in [0.1, 0.15) is 11.5 Å². The quantitative estimate of drug-likeness (QED) is 0.896. The maximum Gasteiger partial charge on any atom is 0.453 e. The predicted octanol–water partition coefficient (Wildman–Crippen LogP) is 1.53. The number of carbonyl (C=O) groups is 1. The minimum atomic E-state index is -4.62. The lowest BCUT2D eigenvalue weighted by Gasteiger charge is -2.10. The van der Waals surface area contributed by atoms with Crippen molar-refractivity contribution < 1.29 is 18.0 Å². The first-order valence-corrected chi connectivity index (χ1v) is 6.09. The van der Waals surface area contributed by atoms with Crippen molar-refractivity contribution in [1.82, 2.24) is 30.3 Å². The number of aromatic nitrogens is 5. The highest BCUT2D eigenvalue weighted by Crippen LogP contribution is 2.25. The molecule has 0 bridgehead atoms. The van der Waals surface area contributed by atoms with Crippen LogP contribution in [0.4, 0.5) is 13.2 Å². The number of hydrogen-bond donors (Lipinski definition) is 2. The van der Waals surface area contributed by atoms with Gasteiger partial charge in [0.15, 0.2) is 0 Å². The number of nitrogens with zero attached hydrogens (tertiary/aromatic N) is 4. The molecule has 0 atom stereocenters. The highest BCUT2D eigenvalue weighted by atomic mass is 19.4. The highest BCUT2D eigenvalue weighted by molar-refractivity contribution is 5.92. The third-order valence-corrected chi connectivity index (χ3v) is 2.59. The number of H-pyrrole nitrogens is 1. The van der Waals surface area contributed by atoms with E-state index in [0.29, 0.717) is 5.69 Å². The summed E-state index contributed by atoms with van der Waals surface area (Å²) in [5.41, 5.74) is 0.320. The van der Waals surface area contributed by atoms with Crippen molar-refractivity contribution in [1.29, 1.82) is 0 Å². The Morgan fingerprint density at radius 1 is 1.48 bits per heavy atom. The molecule has 2 N–H and O–H groups in total. The Morgan fingerprint density at radius 2 is 2.19 bits per heavy atom. The monoisotopic (exact) mass is 302 g/mol. The first kappa shape index (κ1) is 15.0. The molecule has 7 nitrogen and oxygen atoms in total. The molecular formula is C11H13F3N6O. The molecular weight excluding hydrogens is 289 g/mol. The van der Waals surface area contributed by atoms with Gasteiger partial charge in [-0.3, -0.25) is 14.6 Å². The predicted molar refractivity (Wildman–Crippen MR) is 65.2 cm³/mol. The number of aromatic amines is 1. The molecule has 0 aliphatic heterocycles. The summed E-state index contributed by atoms with van der Waals surface area (Å²) >= 11 is 0. The average Bonchev–Trinajstić information content (AvgIpc) is 3.04. The molecule has 0 saturated carbocycles. The zero-order chi connectivity index (χ0) is 15.6. The fourth-order valence-corrected chi connectivity index (χ4v) is 1.66. The van der Waals surface area contributed by atoms with E-state index >= 15 is 0 Å². The molecule has 0 aliphatic carbocycles. The first-order chi connectivity index (χ1) is 9.79. The lowest BCUT2D eigenvalue weighted by atomic mass is 10.3. The van der Waals surface area contributed by atoms with Crippen LogP contribution in [0.15, 0.2) is 12.3 Å². The minimum absolute atomic E-state index is 0.0112. The van der Waals surface area contributed by atoms with Gasteiger partial charge in [-0.25, -0.2) is 4.98 Å². The second-order valence-corrected chi connectivity index (χ2v) is 4.54. The van der Waals surface area contributed by atoms with E-state index in [-0.39, 0.29) is 18.4 Å². The van der Waals surface area contributed by atoms with E-state index in [1.54, 1.807) is 0 Å². The van der Waals surface area contributed by atoms with Crippen molar-refractivity contribution in [3.8, 4) is 0 Å². The number of carbonyl (C=O) groups excluding carboxylic acids is 1. The van der Waals surface area contributed by atoms with E-state index in [1.165, 1.54) is 16.9 Å². The third kappa shape index (κ3) is 3.38. The van der Waals surface area contributed by atoms with E-state index in [1.807, 2.05) is 13.8 Å². The van der Waals surface area contributed by atoms with Crippen molar-refractivity contribution in [2.75, 3.05) is 0 Å². The topological polar surface area (TPSA) is 88.5 Å². The van der Waals surface area contributed by atoms with Crippen molar-refractivity contribution in [3.63, 3.8) is 0 Å². The number of nitrogens with one attached hydrogen (secondary N) is 2. The molecule has 2 aromatic heterocycles. The molecule has 0 spiro atoms. The van der Waals surface area contributed by atoms with Crippen LogP contribution in [0, 0.1) is 0 Å². The van der Waals surface area contributed by atoms with Gasteiger partial charge in [0, 0.05) is 12.2 Å². The summed E-state index contributed by atoms with van der Waals surface area (Å²) in [4.78, 5) is 15.2. The van der Waals surface area contributed by atoms with Crippen LogP contribution in [0.25, 0.3) is 0 Å². The van der Waals surface area contributed by atoms with Gasteiger partial charge in [-0.2, -0.15) is 18.3 Å². The minimum Gasteiger partial charge on any atom is -0.343 e. The average molecular weight is 302 g/mol. The largest absolute Gasteiger partial charge is 0.453 e. The summed E-state index contributed by atoms with van der Waals surface area (Å²) in [6.45, 7) is 3.52. The fourth-order valence-electron chi connectivity index (χ4n) is 1.66. The molecule has 1 amide bonds. The van der Waals surface area contributed by atoms with Crippen molar-refractivity contribution in [3.05, 3.63) is 29.6 Å². The van der Waals surface area contributed by atoms with Gasteiger partial charge in [0.05, 0.1) is 6.54 Å². The summed E-state index contributed by atoms with van der Waals surface area (Å²) in [5.74, 6) is -1.79. The molecule has 0 fully saturated rings. The molecule has 0 unspecified atom stereocenters. The van der Waals surface area contributed by atoms with Gasteiger partial charge in [-0.05, 0) is 19.9 Å². The molecule has 0 saturated heterocycles. The van der Waals surface area contributed by atoms with Crippen LogP contribution in [0.2, 0.25) is 0 Å². The van der Waals surface area contributed by atoms with Gasteiger partial charge < -0.3 is 5.32 Å². The smallest absolute Gasteiger partial charge is 0.343 e. The number of hydrogen-bond acceptors (Lipinski definition) is 4. The molecule has 0 aromatic carbocycles. The van der Waals surface area contributed by atoms with Crippen LogP contribution < -0.4 is 5.32 Å². The van der Waals surface area contributed by atoms with Gasteiger partial charge in [0.2, 0.25) is 0 Å². The van der Waals surface area contributed by atoms with Gasteiger partial charge in [-0.1, -0.05) is 0 Å². The second-order valence-electron chi connectivity index (χ2n) is 4.54. The molecule has 10 heteroatoms. The highest BCUT2D eigenvalue weighted by Gasteiger charge is 2.36. The van der Waals surface area contributed by atoms with Crippen molar-refractivity contribution in [2.45, 2.75) is 32.6 Å². The van der Waals surface area contributed by atoms with E-state index in [9.17, 15) is 18.0 Å². The Bertz CT molecular complexity index is 630. The molecule has 0 radical (unpaired) electrons. The summed E-state index contributed by atoms with van der Waals surface area (Å²) < 4.78 is 38.5. The van der Waals surface area contributed by atoms with E-state index in [0.717, 1.165) is 0 Å². The number of rotatable bonds is 4. The summed E-state index contributed by atoms with van der Waals surface area (Å²) in [7, 11) is 0. The molecule has 0 aliphatic rings. The molecule has 114 valence electrons. The molecule has 2 aromatic rings. The second kappa shape index (κ2) is 5.54. The standard InChI is InChI=1S/C11H13F3N6O/c1-6(2)20-7(3-4-16-20)9(21)15-5-8-17-10(19-18-8)11(12,13)14/h3-4,6H,5H2,1-2H3,(H,15,21)(H,17,18,19). The lowest BCUT2D eigenvalue weighted by Crippen LogP contribution is -2.26. The van der Waals surface area contributed by atoms with Crippen LogP contribution in [-0.4, -0.2) is 30.9 Å². The summed E-state index contributed by atoms with van der Waals surface area (Å²) in [6, 6.07) is 1.51. The Kier molecular flexibility index (Phi) is 3.96. The first-order valence-electron chi connectivity index (χ1n) is 6.09. The normalized spacial score (nSPS) is 11.9. The van der Waals surface area contributed by atoms with Crippen LogP contribution in [0.5, 0.6) is 0 Å². The Labute approximate surface area is 117 Å². The maximum atomic E-state index is 12.3. The SMILES string of the molecule is CC(C)n1nccc1C(=O)NCc1nc(C(F)(F)F)n[nH]1. The Morgan fingerprint density at radius 3 is 2.76 bits per heavy atom. The molecule has 2 rings (SSSR count). The van der Waals surface area contributed by atoms with Gasteiger partial charge >= 0.3 is 6.18 Å². The van der Waals surface area contributed by atoms with Crippen LogP contribution in [-0.2, 0) is 12.7 Å². The third-order valence-electron chi connectivity index (χ3n) is 2.59. The van der Waals surface area contributed by atoms with Crippen molar-refractivity contribution >= 4 is 5.91 Å². The van der Waals surface area contributed by atoms with E-state index in [4.69, 9.17) is 0 Å². The lowest BCUT2D eigenvalue weighted by molar-refractivity contribution is -0.144. The Balaban J connectivity index is 2.01. The molecule has 21 heavy (non-hydrogen) atoms. The molecule has 2 heterocycles.